The van der Waals surface area contributed by atoms with Crippen LogP contribution in [-0.2, 0) is 6.42 Å². The Morgan fingerprint density at radius 3 is 2.64 bits per heavy atom. The Hall–Kier alpha value is -1.12. The van der Waals surface area contributed by atoms with Crippen molar-refractivity contribution in [1.82, 2.24) is 9.97 Å². The largest absolute Gasteiger partial charge is 0.369 e. The van der Waals surface area contributed by atoms with Gasteiger partial charge in [0, 0.05) is 18.9 Å². The van der Waals surface area contributed by atoms with Crippen LogP contribution in [0.2, 0.25) is 0 Å². The first-order valence-corrected chi connectivity index (χ1v) is 3.92. The van der Waals surface area contributed by atoms with E-state index in [4.69, 9.17) is 0 Å². The lowest BCUT2D eigenvalue weighted by molar-refractivity contribution is 0.987. The van der Waals surface area contributed by atoms with E-state index >= 15 is 0 Å². The van der Waals surface area contributed by atoms with E-state index in [1.54, 1.807) is 12.4 Å². The molecular weight excluding hydrogens is 138 g/mol. The lowest BCUT2D eigenvalue weighted by atomic mass is 10.3. The third-order valence-electron chi connectivity index (χ3n) is 1.45. The van der Waals surface area contributed by atoms with Crippen molar-refractivity contribution in [2.45, 2.75) is 20.3 Å². The lowest BCUT2D eigenvalue weighted by Crippen LogP contribution is -2.03. The second-order valence-corrected chi connectivity index (χ2v) is 2.24. The van der Waals surface area contributed by atoms with Crippen LogP contribution < -0.4 is 5.32 Å². The second-order valence-electron chi connectivity index (χ2n) is 2.24. The summed E-state index contributed by atoms with van der Waals surface area (Å²) in [6.07, 6.45) is 4.35. The summed E-state index contributed by atoms with van der Waals surface area (Å²) in [5.74, 6) is 0.914. The fraction of sp³-hybridized carbons (Fsp3) is 0.500. The average Bonchev–Trinajstić information content (AvgIpc) is 2.06. The van der Waals surface area contributed by atoms with Crippen LogP contribution in [0.25, 0.3) is 0 Å². The third-order valence-corrected chi connectivity index (χ3v) is 1.45. The molecule has 0 bridgehead atoms. The maximum absolute atomic E-state index is 4.19. The van der Waals surface area contributed by atoms with Gasteiger partial charge in [-0.3, -0.25) is 4.98 Å². The molecule has 0 fully saturated rings. The number of hydrogen-bond donors (Lipinski definition) is 1. The highest BCUT2D eigenvalue weighted by Gasteiger charge is 1.98. The van der Waals surface area contributed by atoms with Crippen LogP contribution >= 0.6 is 0 Å². The van der Waals surface area contributed by atoms with E-state index < -0.39 is 0 Å². The molecule has 0 aliphatic heterocycles. The predicted octanol–water partition coefficient (Wildman–Crippen LogP) is 1.47. The van der Waals surface area contributed by atoms with Crippen LogP contribution in [0.15, 0.2) is 12.4 Å². The minimum Gasteiger partial charge on any atom is -0.369 e. The van der Waals surface area contributed by atoms with E-state index in [2.05, 4.69) is 22.2 Å². The molecule has 0 atom stereocenters. The molecular formula is C8H13N3. The van der Waals surface area contributed by atoms with Crippen LogP contribution in [0.4, 0.5) is 5.82 Å². The molecule has 60 valence electrons. The van der Waals surface area contributed by atoms with Gasteiger partial charge < -0.3 is 5.32 Å². The van der Waals surface area contributed by atoms with E-state index in [0.717, 1.165) is 24.5 Å². The van der Waals surface area contributed by atoms with Gasteiger partial charge in [-0.05, 0) is 13.3 Å². The molecule has 1 aromatic heterocycles. The highest BCUT2D eigenvalue weighted by atomic mass is 15.0. The molecule has 0 aliphatic carbocycles. The quantitative estimate of drug-likeness (QED) is 0.710. The van der Waals surface area contributed by atoms with Crippen molar-refractivity contribution in [1.29, 1.82) is 0 Å². The van der Waals surface area contributed by atoms with Crippen LogP contribution in [0, 0.1) is 0 Å². The molecule has 0 saturated heterocycles. The summed E-state index contributed by atoms with van der Waals surface area (Å²) < 4.78 is 0. The number of anilines is 1. The van der Waals surface area contributed by atoms with Gasteiger partial charge >= 0.3 is 0 Å². The molecule has 0 amide bonds. The molecule has 1 aromatic rings. The van der Waals surface area contributed by atoms with E-state index in [1.165, 1.54) is 0 Å². The van der Waals surface area contributed by atoms with Crippen molar-refractivity contribution in [2.24, 2.45) is 0 Å². The zero-order valence-corrected chi connectivity index (χ0v) is 6.96. The van der Waals surface area contributed by atoms with Crippen molar-refractivity contribution >= 4 is 5.82 Å². The Kier molecular flexibility index (Phi) is 2.83. The molecule has 3 nitrogen and oxygen atoms in total. The van der Waals surface area contributed by atoms with Gasteiger partial charge in [-0.25, -0.2) is 4.98 Å². The molecule has 0 unspecified atom stereocenters. The summed E-state index contributed by atoms with van der Waals surface area (Å²) >= 11 is 0. The average molecular weight is 151 g/mol. The normalized spacial score (nSPS) is 9.64. The number of nitrogens with zero attached hydrogens (tertiary/aromatic N) is 2. The van der Waals surface area contributed by atoms with E-state index in [0.29, 0.717) is 0 Å². The van der Waals surface area contributed by atoms with E-state index in [1.807, 2.05) is 6.92 Å². The fourth-order valence-electron chi connectivity index (χ4n) is 0.941. The zero-order chi connectivity index (χ0) is 8.10. The van der Waals surface area contributed by atoms with Crippen molar-refractivity contribution in [3.8, 4) is 0 Å². The Bertz CT molecular complexity index is 222. The Labute approximate surface area is 66.9 Å². The van der Waals surface area contributed by atoms with Gasteiger partial charge in [0.2, 0.25) is 0 Å². The third kappa shape index (κ3) is 1.90. The minimum atomic E-state index is 0.895. The van der Waals surface area contributed by atoms with Crippen molar-refractivity contribution in [3.05, 3.63) is 18.1 Å². The van der Waals surface area contributed by atoms with Crippen LogP contribution in [0.3, 0.4) is 0 Å². The van der Waals surface area contributed by atoms with Gasteiger partial charge in [-0.15, -0.1) is 0 Å². The Balaban J connectivity index is 2.83. The van der Waals surface area contributed by atoms with Gasteiger partial charge in [0.25, 0.3) is 0 Å². The molecule has 0 saturated carbocycles. The van der Waals surface area contributed by atoms with Crippen LogP contribution in [0.5, 0.6) is 0 Å². The minimum absolute atomic E-state index is 0.895. The first kappa shape index (κ1) is 7.98. The molecule has 11 heavy (non-hydrogen) atoms. The first-order valence-electron chi connectivity index (χ1n) is 3.92. The summed E-state index contributed by atoms with van der Waals surface area (Å²) in [4.78, 5) is 8.36. The van der Waals surface area contributed by atoms with Gasteiger partial charge in [-0.2, -0.15) is 0 Å². The van der Waals surface area contributed by atoms with Gasteiger partial charge in [0.05, 0.1) is 5.69 Å². The number of aryl methyl sites for hydroxylation is 1. The molecule has 0 aromatic carbocycles. The maximum atomic E-state index is 4.19. The first-order chi connectivity index (χ1) is 5.38. The molecule has 0 spiro atoms. The molecule has 3 heteroatoms. The molecule has 1 N–H and O–H groups in total. The number of rotatable bonds is 3. The lowest BCUT2D eigenvalue weighted by Gasteiger charge is -2.04. The van der Waals surface area contributed by atoms with Gasteiger partial charge in [0.1, 0.15) is 5.82 Å². The van der Waals surface area contributed by atoms with Crippen molar-refractivity contribution in [3.63, 3.8) is 0 Å². The molecule has 1 rings (SSSR count). The second kappa shape index (κ2) is 3.91. The van der Waals surface area contributed by atoms with Crippen molar-refractivity contribution < 1.29 is 0 Å². The number of hydrogen-bond acceptors (Lipinski definition) is 3. The maximum Gasteiger partial charge on any atom is 0.147 e. The zero-order valence-electron chi connectivity index (χ0n) is 6.96. The topological polar surface area (TPSA) is 37.8 Å². The summed E-state index contributed by atoms with van der Waals surface area (Å²) in [5.41, 5.74) is 1.04. The highest BCUT2D eigenvalue weighted by Crippen LogP contribution is 2.07. The Morgan fingerprint density at radius 1 is 1.27 bits per heavy atom. The van der Waals surface area contributed by atoms with Crippen molar-refractivity contribution in [2.75, 3.05) is 11.9 Å². The molecule has 0 radical (unpaired) electrons. The van der Waals surface area contributed by atoms with Crippen LogP contribution in [0.1, 0.15) is 19.5 Å². The number of aromatic nitrogens is 2. The summed E-state index contributed by atoms with van der Waals surface area (Å²) in [5, 5.41) is 3.15. The SMILES string of the molecule is CCNc1nccnc1CC. The fourth-order valence-corrected chi connectivity index (χ4v) is 0.941. The smallest absolute Gasteiger partial charge is 0.147 e. The molecule has 0 aliphatic rings. The monoisotopic (exact) mass is 151 g/mol. The highest BCUT2D eigenvalue weighted by molar-refractivity contribution is 5.38. The van der Waals surface area contributed by atoms with Crippen LogP contribution in [-0.4, -0.2) is 16.5 Å². The van der Waals surface area contributed by atoms with E-state index in [-0.39, 0.29) is 0 Å². The molecule has 1 heterocycles. The summed E-state index contributed by atoms with van der Waals surface area (Å²) in [6.45, 7) is 5.02. The number of nitrogens with one attached hydrogen (secondary N) is 1. The summed E-state index contributed by atoms with van der Waals surface area (Å²) in [7, 11) is 0. The standard InChI is InChI=1S/C8H13N3/c1-3-7-8(9-4-2)11-6-5-10-7/h5-6H,3-4H2,1-2H3,(H,9,11). The predicted molar refractivity (Wildman–Crippen MR) is 45.6 cm³/mol. The van der Waals surface area contributed by atoms with Gasteiger partial charge in [0.15, 0.2) is 0 Å². The van der Waals surface area contributed by atoms with Gasteiger partial charge in [-0.1, -0.05) is 6.92 Å². The Morgan fingerprint density at radius 2 is 2.00 bits per heavy atom. The van der Waals surface area contributed by atoms with E-state index in [9.17, 15) is 0 Å². The summed E-state index contributed by atoms with van der Waals surface area (Å²) in [6, 6.07) is 0.